The maximum Gasteiger partial charge on any atom is 0.165 e. The van der Waals surface area contributed by atoms with Gasteiger partial charge in [-0.3, -0.25) is 9.69 Å². The van der Waals surface area contributed by atoms with Gasteiger partial charge >= 0.3 is 0 Å². The number of likely N-dealkylation sites (N-methyl/N-ethyl adjacent to an activating group) is 1. The van der Waals surface area contributed by atoms with E-state index in [4.69, 9.17) is 4.74 Å². The molecule has 1 heterocycles. The molecule has 0 radical (unpaired) electrons. The first kappa shape index (κ1) is 20.5. The lowest BCUT2D eigenvalue weighted by molar-refractivity contribution is -0.0791. The highest BCUT2D eigenvalue weighted by atomic mass is 16.5. The smallest absolute Gasteiger partial charge is 0.165 e. The molecular formula is C27H29NO2. The second-order valence-corrected chi connectivity index (χ2v) is 7.74. The molecule has 0 bridgehead atoms. The minimum atomic E-state index is -0.258. The second kappa shape index (κ2) is 9.38. The van der Waals surface area contributed by atoms with Crippen molar-refractivity contribution >= 4 is 5.78 Å². The summed E-state index contributed by atoms with van der Waals surface area (Å²) in [6, 6.07) is 28.5. The SMILES string of the molecule is CCN(CC)[C@H]1c2ccccc2[C@@H](CC(=O)c2ccccc2)O[C@@H]1c1ccccc1. The zero-order valence-electron chi connectivity index (χ0n) is 17.7. The van der Waals surface area contributed by atoms with Gasteiger partial charge in [0.1, 0.15) is 6.10 Å². The van der Waals surface area contributed by atoms with Gasteiger partial charge in [0.15, 0.2) is 5.78 Å². The van der Waals surface area contributed by atoms with Crippen molar-refractivity contribution in [2.45, 2.75) is 38.5 Å². The van der Waals surface area contributed by atoms with Crippen LogP contribution in [0.25, 0.3) is 0 Å². The van der Waals surface area contributed by atoms with Crippen molar-refractivity contribution < 1.29 is 9.53 Å². The lowest BCUT2D eigenvalue weighted by atomic mass is 9.84. The molecule has 0 aliphatic carbocycles. The number of fused-ring (bicyclic) bond motifs is 1. The van der Waals surface area contributed by atoms with Gasteiger partial charge in [-0.05, 0) is 29.8 Å². The molecule has 1 aliphatic heterocycles. The highest BCUT2D eigenvalue weighted by Gasteiger charge is 2.39. The van der Waals surface area contributed by atoms with E-state index in [0.717, 1.165) is 29.8 Å². The zero-order valence-corrected chi connectivity index (χ0v) is 17.7. The molecule has 0 N–H and O–H groups in total. The molecular weight excluding hydrogens is 370 g/mol. The molecule has 0 unspecified atom stereocenters. The number of ketones is 1. The molecule has 3 aromatic rings. The molecule has 1 aliphatic rings. The summed E-state index contributed by atoms with van der Waals surface area (Å²) in [4.78, 5) is 15.5. The summed E-state index contributed by atoms with van der Waals surface area (Å²) in [5.41, 5.74) is 4.29. The van der Waals surface area contributed by atoms with Crippen LogP contribution < -0.4 is 0 Å². The third-order valence-corrected chi connectivity index (χ3v) is 6.06. The summed E-state index contributed by atoms with van der Waals surface area (Å²) in [7, 11) is 0. The molecule has 0 spiro atoms. The van der Waals surface area contributed by atoms with E-state index in [2.05, 4.69) is 61.2 Å². The fourth-order valence-electron chi connectivity index (χ4n) is 4.54. The molecule has 0 amide bonds. The summed E-state index contributed by atoms with van der Waals surface area (Å²) < 4.78 is 6.73. The number of carbonyl (C=O) groups is 1. The molecule has 3 nitrogen and oxygen atoms in total. The van der Waals surface area contributed by atoms with Crippen LogP contribution in [0.3, 0.4) is 0 Å². The van der Waals surface area contributed by atoms with Crippen LogP contribution in [0.5, 0.6) is 0 Å². The molecule has 0 saturated heterocycles. The Morgan fingerprint density at radius 3 is 2.00 bits per heavy atom. The Kier molecular flexibility index (Phi) is 6.41. The first-order chi connectivity index (χ1) is 14.7. The number of ether oxygens (including phenoxy) is 1. The van der Waals surface area contributed by atoms with Crippen LogP contribution in [0.1, 0.15) is 65.6 Å². The number of hydrogen-bond donors (Lipinski definition) is 0. The lowest BCUT2D eigenvalue weighted by Gasteiger charge is -2.43. The van der Waals surface area contributed by atoms with E-state index in [1.165, 1.54) is 5.56 Å². The van der Waals surface area contributed by atoms with Gasteiger partial charge in [-0.15, -0.1) is 0 Å². The summed E-state index contributed by atoms with van der Waals surface area (Å²) in [5, 5.41) is 0. The Morgan fingerprint density at radius 2 is 1.37 bits per heavy atom. The van der Waals surface area contributed by atoms with Crippen LogP contribution in [0.2, 0.25) is 0 Å². The zero-order chi connectivity index (χ0) is 20.9. The van der Waals surface area contributed by atoms with Crippen molar-refractivity contribution in [3.63, 3.8) is 0 Å². The van der Waals surface area contributed by atoms with Gasteiger partial charge in [-0.2, -0.15) is 0 Å². The Bertz CT molecular complexity index is 966. The predicted molar refractivity (Wildman–Crippen MR) is 121 cm³/mol. The lowest BCUT2D eigenvalue weighted by Crippen LogP contribution is -2.38. The third-order valence-electron chi connectivity index (χ3n) is 6.06. The van der Waals surface area contributed by atoms with E-state index in [1.807, 2.05) is 42.5 Å². The van der Waals surface area contributed by atoms with Gasteiger partial charge in [0.05, 0.1) is 12.1 Å². The second-order valence-electron chi connectivity index (χ2n) is 7.74. The van der Waals surface area contributed by atoms with E-state index < -0.39 is 0 Å². The Hall–Kier alpha value is -2.75. The summed E-state index contributed by atoms with van der Waals surface area (Å²) in [6.45, 7) is 6.27. The quantitative estimate of drug-likeness (QED) is 0.446. The highest BCUT2D eigenvalue weighted by Crippen LogP contribution is 2.48. The van der Waals surface area contributed by atoms with E-state index in [0.29, 0.717) is 6.42 Å². The fraction of sp³-hybridized carbons (Fsp3) is 0.296. The summed E-state index contributed by atoms with van der Waals surface area (Å²) >= 11 is 0. The van der Waals surface area contributed by atoms with Gasteiger partial charge in [-0.25, -0.2) is 0 Å². The minimum absolute atomic E-state index is 0.114. The first-order valence-corrected chi connectivity index (χ1v) is 10.8. The molecule has 154 valence electrons. The first-order valence-electron chi connectivity index (χ1n) is 10.8. The molecule has 3 aromatic carbocycles. The van der Waals surface area contributed by atoms with Crippen molar-refractivity contribution in [1.29, 1.82) is 0 Å². The van der Waals surface area contributed by atoms with Crippen molar-refractivity contribution in [2.24, 2.45) is 0 Å². The number of Topliss-reactive ketones (excluding diaryl/α,β-unsaturated/α-hetero) is 1. The molecule has 0 fully saturated rings. The molecule has 0 saturated carbocycles. The minimum Gasteiger partial charge on any atom is -0.363 e. The van der Waals surface area contributed by atoms with Crippen LogP contribution in [-0.4, -0.2) is 23.8 Å². The number of nitrogens with zero attached hydrogens (tertiary/aromatic N) is 1. The van der Waals surface area contributed by atoms with E-state index in [-0.39, 0.29) is 24.0 Å². The van der Waals surface area contributed by atoms with E-state index in [1.54, 1.807) is 0 Å². The molecule has 4 rings (SSSR count). The van der Waals surface area contributed by atoms with Crippen molar-refractivity contribution in [2.75, 3.05) is 13.1 Å². The average molecular weight is 400 g/mol. The number of hydrogen-bond acceptors (Lipinski definition) is 3. The molecule has 30 heavy (non-hydrogen) atoms. The van der Waals surface area contributed by atoms with Crippen molar-refractivity contribution in [3.8, 4) is 0 Å². The average Bonchev–Trinajstić information content (AvgIpc) is 2.82. The topological polar surface area (TPSA) is 29.5 Å². The Labute approximate surface area is 179 Å². The standard InChI is InChI=1S/C27H29NO2/c1-3-28(4-2)26-23-18-12-11-17-22(23)25(19-24(29)20-13-7-5-8-14-20)30-27(26)21-15-9-6-10-16-21/h5-18,25-27H,3-4,19H2,1-2H3/t25-,26+,27-/m1/s1. The van der Waals surface area contributed by atoms with Gasteiger partial charge in [0.25, 0.3) is 0 Å². The highest BCUT2D eigenvalue weighted by molar-refractivity contribution is 5.96. The van der Waals surface area contributed by atoms with E-state index in [9.17, 15) is 4.79 Å². The maximum absolute atomic E-state index is 13.0. The molecule has 0 aromatic heterocycles. The van der Waals surface area contributed by atoms with Gasteiger partial charge in [-0.1, -0.05) is 98.8 Å². The Morgan fingerprint density at radius 1 is 0.800 bits per heavy atom. The normalized spacial score (nSPS) is 20.7. The van der Waals surface area contributed by atoms with Gasteiger partial charge in [0.2, 0.25) is 0 Å². The molecule has 3 heteroatoms. The van der Waals surface area contributed by atoms with Crippen molar-refractivity contribution in [1.82, 2.24) is 4.90 Å². The predicted octanol–water partition coefficient (Wildman–Crippen LogP) is 6.16. The van der Waals surface area contributed by atoms with Crippen LogP contribution in [0.15, 0.2) is 84.9 Å². The van der Waals surface area contributed by atoms with Crippen LogP contribution in [0.4, 0.5) is 0 Å². The maximum atomic E-state index is 13.0. The Balaban J connectivity index is 1.75. The summed E-state index contributed by atoms with van der Waals surface area (Å²) in [6.07, 6.45) is -0.0319. The number of rotatable bonds is 7. The fourth-order valence-corrected chi connectivity index (χ4v) is 4.54. The monoisotopic (exact) mass is 399 g/mol. The van der Waals surface area contributed by atoms with Crippen LogP contribution in [0, 0.1) is 0 Å². The van der Waals surface area contributed by atoms with E-state index >= 15 is 0 Å². The van der Waals surface area contributed by atoms with Gasteiger partial charge in [0, 0.05) is 12.0 Å². The number of benzene rings is 3. The number of carbonyl (C=O) groups excluding carboxylic acids is 1. The van der Waals surface area contributed by atoms with Gasteiger partial charge < -0.3 is 4.74 Å². The third kappa shape index (κ3) is 4.09. The largest absolute Gasteiger partial charge is 0.363 e. The summed E-state index contributed by atoms with van der Waals surface area (Å²) in [5.74, 6) is 0.114. The van der Waals surface area contributed by atoms with Crippen LogP contribution >= 0.6 is 0 Å². The molecule has 3 atom stereocenters. The van der Waals surface area contributed by atoms with Crippen LogP contribution in [-0.2, 0) is 4.74 Å². The van der Waals surface area contributed by atoms with Crippen molar-refractivity contribution in [3.05, 3.63) is 107 Å².